The minimum Gasteiger partial charge on any atom is -0.462 e. The number of aryl methyl sites for hydroxylation is 1. The lowest BCUT2D eigenvalue weighted by Crippen LogP contribution is -2.16. The molecule has 20 heavy (non-hydrogen) atoms. The molecule has 0 bridgehead atoms. The molecule has 0 unspecified atom stereocenters. The zero-order chi connectivity index (χ0) is 14.5. The van der Waals surface area contributed by atoms with E-state index >= 15 is 0 Å². The van der Waals surface area contributed by atoms with Gasteiger partial charge < -0.3 is 9.30 Å². The second kappa shape index (κ2) is 6.65. The van der Waals surface area contributed by atoms with Gasteiger partial charge in [-0.3, -0.25) is 0 Å². The first-order valence-electron chi connectivity index (χ1n) is 7.51. The van der Waals surface area contributed by atoms with Crippen LogP contribution in [0.15, 0.2) is 6.07 Å². The Morgan fingerprint density at radius 2 is 2.15 bits per heavy atom. The number of carbonyl (C=O) groups excluding carboxylic acids is 1. The van der Waals surface area contributed by atoms with Crippen molar-refractivity contribution in [2.75, 3.05) is 6.61 Å². The second-order valence-corrected chi connectivity index (χ2v) is 5.53. The van der Waals surface area contributed by atoms with Crippen LogP contribution in [0.2, 0.25) is 0 Å². The highest BCUT2D eigenvalue weighted by molar-refractivity contribution is 5.92. The van der Waals surface area contributed by atoms with E-state index in [9.17, 15) is 4.79 Å². The number of rotatable bonds is 4. The quantitative estimate of drug-likeness (QED) is 0.620. The number of nitrogens with zero attached hydrogens (tertiary/aromatic N) is 1. The molecule has 3 nitrogen and oxygen atoms in total. The van der Waals surface area contributed by atoms with Gasteiger partial charge in [0, 0.05) is 12.2 Å². The van der Waals surface area contributed by atoms with Crippen LogP contribution >= 0.6 is 0 Å². The van der Waals surface area contributed by atoms with Gasteiger partial charge in [0.25, 0.3) is 0 Å². The van der Waals surface area contributed by atoms with E-state index in [0.717, 1.165) is 12.2 Å². The van der Waals surface area contributed by atoms with Crippen LogP contribution in [0.25, 0.3) is 0 Å². The second-order valence-electron chi connectivity index (χ2n) is 5.53. The molecule has 0 amide bonds. The number of terminal acetylenes is 1. The van der Waals surface area contributed by atoms with Crippen LogP contribution in [0, 0.1) is 25.2 Å². The molecule has 2 rings (SSSR count). The SMILES string of the molecule is C#Cc1c(C(=O)OCC)cc(C)n1CC1CCCCC1. The maximum atomic E-state index is 12.0. The van der Waals surface area contributed by atoms with E-state index in [0.29, 0.717) is 23.8 Å². The molecule has 0 radical (unpaired) electrons. The van der Waals surface area contributed by atoms with Crippen molar-refractivity contribution in [1.82, 2.24) is 4.57 Å². The third kappa shape index (κ3) is 3.07. The minimum absolute atomic E-state index is 0.314. The molecule has 108 valence electrons. The predicted octanol–water partition coefficient (Wildman–Crippen LogP) is 3.53. The standard InChI is InChI=1S/C17H23NO2/c1-4-16-15(17(19)20-5-2)11-13(3)18(16)12-14-9-7-6-8-10-14/h1,11,14H,5-10,12H2,2-3H3. The van der Waals surface area contributed by atoms with Crippen LogP contribution in [0.1, 0.15) is 60.8 Å². The summed E-state index contributed by atoms with van der Waals surface area (Å²) in [5.74, 6) is 3.04. The van der Waals surface area contributed by atoms with Gasteiger partial charge in [-0.05, 0) is 38.7 Å². The average Bonchev–Trinajstić information content (AvgIpc) is 2.77. The lowest BCUT2D eigenvalue weighted by molar-refractivity contribution is 0.0526. The summed E-state index contributed by atoms with van der Waals surface area (Å²) >= 11 is 0. The van der Waals surface area contributed by atoms with Crippen molar-refractivity contribution >= 4 is 5.97 Å². The normalized spacial score (nSPS) is 15.8. The highest BCUT2D eigenvalue weighted by atomic mass is 16.5. The monoisotopic (exact) mass is 273 g/mol. The Morgan fingerprint density at radius 1 is 1.45 bits per heavy atom. The summed E-state index contributed by atoms with van der Waals surface area (Å²) in [5.41, 5.74) is 2.25. The third-order valence-corrected chi connectivity index (χ3v) is 4.10. The van der Waals surface area contributed by atoms with E-state index in [1.54, 1.807) is 6.92 Å². The molecular weight excluding hydrogens is 250 g/mol. The van der Waals surface area contributed by atoms with Crippen LogP contribution < -0.4 is 0 Å². The Labute approximate surface area is 121 Å². The molecule has 0 aliphatic heterocycles. The lowest BCUT2D eigenvalue weighted by Gasteiger charge is -2.23. The van der Waals surface area contributed by atoms with Gasteiger partial charge in [0.15, 0.2) is 0 Å². The van der Waals surface area contributed by atoms with Crippen molar-refractivity contribution in [2.24, 2.45) is 5.92 Å². The summed E-state index contributed by atoms with van der Waals surface area (Å²) in [6.07, 6.45) is 12.1. The number of ether oxygens (including phenoxy) is 1. The van der Waals surface area contributed by atoms with Crippen molar-refractivity contribution in [3.63, 3.8) is 0 Å². The van der Waals surface area contributed by atoms with E-state index in [4.69, 9.17) is 11.2 Å². The predicted molar refractivity (Wildman–Crippen MR) is 79.6 cm³/mol. The molecular formula is C17H23NO2. The molecule has 0 spiro atoms. The smallest absolute Gasteiger partial charge is 0.341 e. The summed E-state index contributed by atoms with van der Waals surface area (Å²) in [4.78, 5) is 12.0. The van der Waals surface area contributed by atoms with Gasteiger partial charge >= 0.3 is 5.97 Å². The van der Waals surface area contributed by atoms with Gasteiger partial charge in [-0.1, -0.05) is 25.2 Å². The Hall–Kier alpha value is -1.69. The number of hydrogen-bond donors (Lipinski definition) is 0. The summed E-state index contributed by atoms with van der Waals surface area (Å²) in [5, 5.41) is 0. The Balaban J connectivity index is 2.24. The van der Waals surface area contributed by atoms with Crippen LogP contribution in [0.4, 0.5) is 0 Å². The average molecular weight is 273 g/mol. The van der Waals surface area contributed by atoms with Crippen molar-refractivity contribution in [2.45, 2.75) is 52.5 Å². The fraction of sp³-hybridized carbons (Fsp3) is 0.588. The molecule has 1 aliphatic carbocycles. The first-order valence-corrected chi connectivity index (χ1v) is 7.51. The Kier molecular flexibility index (Phi) is 4.89. The van der Waals surface area contributed by atoms with Gasteiger partial charge in [0.05, 0.1) is 12.2 Å². The minimum atomic E-state index is -0.314. The molecule has 1 aliphatic rings. The van der Waals surface area contributed by atoms with Gasteiger partial charge in [0.1, 0.15) is 5.69 Å². The van der Waals surface area contributed by atoms with Crippen molar-refractivity contribution < 1.29 is 9.53 Å². The van der Waals surface area contributed by atoms with Crippen molar-refractivity contribution in [3.8, 4) is 12.3 Å². The van der Waals surface area contributed by atoms with E-state index in [1.165, 1.54) is 32.1 Å². The van der Waals surface area contributed by atoms with Gasteiger partial charge in [-0.15, -0.1) is 6.42 Å². The molecule has 0 atom stereocenters. The third-order valence-electron chi connectivity index (χ3n) is 4.10. The number of carbonyl (C=O) groups is 1. The van der Waals surface area contributed by atoms with Gasteiger partial charge in [0.2, 0.25) is 0 Å². The topological polar surface area (TPSA) is 31.2 Å². The number of esters is 1. The van der Waals surface area contributed by atoms with Crippen molar-refractivity contribution in [3.05, 3.63) is 23.0 Å². The highest BCUT2D eigenvalue weighted by Gasteiger charge is 2.21. The molecule has 3 heteroatoms. The van der Waals surface area contributed by atoms with Gasteiger partial charge in [-0.2, -0.15) is 0 Å². The summed E-state index contributed by atoms with van der Waals surface area (Å²) in [6.45, 7) is 5.10. The first-order chi connectivity index (χ1) is 9.67. The zero-order valence-corrected chi connectivity index (χ0v) is 12.4. The molecule has 1 saturated carbocycles. The highest BCUT2D eigenvalue weighted by Crippen LogP contribution is 2.27. The summed E-state index contributed by atoms with van der Waals surface area (Å²) < 4.78 is 7.19. The Bertz CT molecular complexity index is 516. The first kappa shape index (κ1) is 14.7. The summed E-state index contributed by atoms with van der Waals surface area (Å²) in [6, 6.07) is 1.86. The van der Waals surface area contributed by atoms with Gasteiger partial charge in [-0.25, -0.2) is 4.79 Å². The molecule has 0 saturated heterocycles. The molecule has 1 fully saturated rings. The van der Waals surface area contributed by atoms with Crippen LogP contribution in [0.3, 0.4) is 0 Å². The fourth-order valence-corrected chi connectivity index (χ4v) is 3.06. The molecule has 1 aromatic heterocycles. The largest absolute Gasteiger partial charge is 0.462 e. The van der Waals surface area contributed by atoms with Crippen LogP contribution in [0.5, 0.6) is 0 Å². The molecule has 0 N–H and O–H groups in total. The van der Waals surface area contributed by atoms with Crippen LogP contribution in [-0.2, 0) is 11.3 Å². The van der Waals surface area contributed by atoms with E-state index < -0.39 is 0 Å². The lowest BCUT2D eigenvalue weighted by atomic mass is 9.89. The molecule has 0 aromatic carbocycles. The van der Waals surface area contributed by atoms with Crippen molar-refractivity contribution in [1.29, 1.82) is 0 Å². The maximum absolute atomic E-state index is 12.0. The van der Waals surface area contributed by atoms with E-state index in [2.05, 4.69) is 10.5 Å². The zero-order valence-electron chi connectivity index (χ0n) is 12.4. The van der Waals surface area contributed by atoms with Crippen LogP contribution in [-0.4, -0.2) is 17.1 Å². The summed E-state index contributed by atoms with van der Waals surface area (Å²) in [7, 11) is 0. The fourth-order valence-electron chi connectivity index (χ4n) is 3.06. The Morgan fingerprint density at radius 3 is 2.75 bits per heavy atom. The maximum Gasteiger partial charge on any atom is 0.341 e. The van der Waals surface area contributed by atoms with E-state index in [-0.39, 0.29) is 5.97 Å². The van der Waals surface area contributed by atoms with E-state index in [1.807, 2.05) is 13.0 Å². The number of hydrogen-bond acceptors (Lipinski definition) is 2. The number of aromatic nitrogens is 1. The molecule has 1 aromatic rings. The molecule has 1 heterocycles.